The molecule has 0 aromatic carbocycles. The van der Waals surface area contributed by atoms with Crippen LogP contribution >= 0.6 is 0 Å². The number of carbonyl (C=O) groups is 3. The standard InChI is InChI=1S/C50H85NO7/c1-6-8-10-12-14-16-18-20-21-22-23-24-25-26-27-29-31-33-35-37-39-41-49(53)58-46(44-56-43-42-47(50(54)55)51(3,4)5)45-57-48(52)40-38-36-34-32-30-28-19-17-15-13-11-9-7-2/h14,16,20-21,23-24,26-28,30,34,36,46-47H,6-13,15,17-19,22,25,29,31-33,35,37-45H2,1-5H3/b16-14+,21-20+,24-23+,27-26+,30-28+,36-34+. The van der Waals surface area contributed by atoms with E-state index in [1.807, 2.05) is 6.08 Å². The Labute approximate surface area is 355 Å². The van der Waals surface area contributed by atoms with Crippen molar-refractivity contribution in [3.8, 4) is 0 Å². The summed E-state index contributed by atoms with van der Waals surface area (Å²) in [4.78, 5) is 36.8. The molecule has 0 saturated heterocycles. The number of likely N-dealkylation sites (N-methyl/N-ethyl adjacent to an activating group) is 1. The van der Waals surface area contributed by atoms with Crippen LogP contribution in [-0.4, -0.2) is 75.5 Å². The summed E-state index contributed by atoms with van der Waals surface area (Å²) >= 11 is 0. The second-order valence-corrected chi connectivity index (χ2v) is 16.3. The number of ether oxygens (including phenoxy) is 3. The van der Waals surface area contributed by atoms with E-state index in [1.54, 1.807) is 21.1 Å². The molecule has 0 aromatic heterocycles. The largest absolute Gasteiger partial charge is 0.544 e. The number of carboxylic acids is 1. The van der Waals surface area contributed by atoms with Gasteiger partial charge in [-0.15, -0.1) is 0 Å². The Hall–Kier alpha value is -3.23. The van der Waals surface area contributed by atoms with Crippen LogP contribution in [0.3, 0.4) is 0 Å². The number of carboxylic acid groups (broad SMARTS) is 1. The molecule has 2 unspecified atom stereocenters. The fraction of sp³-hybridized carbons (Fsp3) is 0.700. The first kappa shape index (κ1) is 54.8. The molecule has 2 atom stereocenters. The summed E-state index contributed by atoms with van der Waals surface area (Å²) in [7, 11) is 5.38. The van der Waals surface area contributed by atoms with Gasteiger partial charge in [0.25, 0.3) is 0 Å². The van der Waals surface area contributed by atoms with Crippen molar-refractivity contribution in [3.05, 3.63) is 72.9 Å². The number of hydrogen-bond donors (Lipinski definition) is 0. The zero-order chi connectivity index (χ0) is 42.8. The van der Waals surface area contributed by atoms with E-state index in [2.05, 4.69) is 80.7 Å². The topological polar surface area (TPSA) is 102 Å². The number of hydrogen-bond acceptors (Lipinski definition) is 7. The highest BCUT2D eigenvalue weighted by atomic mass is 16.6. The minimum atomic E-state index is -1.14. The highest BCUT2D eigenvalue weighted by Gasteiger charge is 2.25. The first-order chi connectivity index (χ1) is 28.1. The van der Waals surface area contributed by atoms with Crippen LogP contribution in [-0.2, 0) is 28.6 Å². The van der Waals surface area contributed by atoms with Crippen molar-refractivity contribution in [2.24, 2.45) is 0 Å². The van der Waals surface area contributed by atoms with Crippen LogP contribution in [0.15, 0.2) is 72.9 Å². The third-order valence-electron chi connectivity index (χ3n) is 9.83. The van der Waals surface area contributed by atoms with Gasteiger partial charge in [-0.2, -0.15) is 0 Å². The summed E-state index contributed by atoms with van der Waals surface area (Å²) in [6.45, 7) is 4.53. The minimum absolute atomic E-state index is 0.0123. The van der Waals surface area contributed by atoms with Gasteiger partial charge in [-0.1, -0.05) is 151 Å². The quantitative estimate of drug-likeness (QED) is 0.0263. The van der Waals surface area contributed by atoms with Crippen LogP contribution in [0.1, 0.15) is 174 Å². The molecular weight excluding hydrogens is 727 g/mol. The van der Waals surface area contributed by atoms with Gasteiger partial charge in [-0.05, 0) is 77.0 Å². The zero-order valence-corrected chi connectivity index (χ0v) is 37.7. The molecule has 0 N–H and O–H groups in total. The molecular formula is C50H85NO7. The molecule has 8 heteroatoms. The monoisotopic (exact) mass is 812 g/mol. The Morgan fingerprint density at radius 1 is 0.517 bits per heavy atom. The van der Waals surface area contributed by atoms with Crippen molar-refractivity contribution in [1.29, 1.82) is 0 Å². The first-order valence-electron chi connectivity index (χ1n) is 23.0. The van der Waals surface area contributed by atoms with E-state index in [9.17, 15) is 19.5 Å². The molecule has 8 nitrogen and oxygen atoms in total. The van der Waals surface area contributed by atoms with Crippen molar-refractivity contribution in [1.82, 2.24) is 0 Å². The van der Waals surface area contributed by atoms with Gasteiger partial charge >= 0.3 is 11.9 Å². The van der Waals surface area contributed by atoms with Crippen molar-refractivity contribution < 1.29 is 38.2 Å². The van der Waals surface area contributed by atoms with E-state index in [0.29, 0.717) is 6.42 Å². The minimum Gasteiger partial charge on any atom is -0.544 e. The molecule has 0 saturated carbocycles. The third-order valence-corrected chi connectivity index (χ3v) is 9.83. The lowest BCUT2D eigenvalue weighted by Gasteiger charge is -2.34. The lowest BCUT2D eigenvalue weighted by molar-refractivity contribution is -0.889. The van der Waals surface area contributed by atoms with Gasteiger partial charge in [0.1, 0.15) is 12.6 Å². The predicted molar refractivity (Wildman–Crippen MR) is 240 cm³/mol. The van der Waals surface area contributed by atoms with E-state index in [4.69, 9.17) is 14.2 Å². The Morgan fingerprint density at radius 3 is 1.45 bits per heavy atom. The number of esters is 2. The highest BCUT2D eigenvalue weighted by molar-refractivity contribution is 5.70. The molecule has 0 bridgehead atoms. The first-order valence-corrected chi connectivity index (χ1v) is 23.0. The van der Waals surface area contributed by atoms with Crippen LogP contribution in [0, 0.1) is 0 Å². The van der Waals surface area contributed by atoms with Gasteiger partial charge in [-0.3, -0.25) is 9.59 Å². The van der Waals surface area contributed by atoms with Gasteiger partial charge < -0.3 is 28.6 Å². The lowest BCUT2D eigenvalue weighted by Crippen LogP contribution is -2.55. The number of quaternary nitrogens is 1. The molecule has 0 aliphatic carbocycles. The van der Waals surface area contributed by atoms with Gasteiger partial charge in [0, 0.05) is 19.3 Å². The number of nitrogens with zero attached hydrogens (tertiary/aromatic N) is 1. The van der Waals surface area contributed by atoms with Gasteiger partial charge in [0.15, 0.2) is 6.10 Å². The predicted octanol–water partition coefficient (Wildman–Crippen LogP) is 11.4. The SMILES string of the molecule is CCCCC/C=C/C/C=C/C/C=C/C/C=C/CCCCCCCC(=O)OC(COCCC(C(=O)[O-])[N+](C)(C)C)COC(=O)CC/C=C/C/C=C/CCCCCCCC. The van der Waals surface area contributed by atoms with E-state index in [1.165, 1.54) is 64.2 Å². The van der Waals surface area contributed by atoms with Crippen LogP contribution in [0.25, 0.3) is 0 Å². The van der Waals surface area contributed by atoms with Crippen LogP contribution in [0.4, 0.5) is 0 Å². The molecule has 332 valence electrons. The second kappa shape index (κ2) is 40.5. The van der Waals surface area contributed by atoms with Crippen LogP contribution < -0.4 is 5.11 Å². The summed E-state index contributed by atoms with van der Waals surface area (Å²) in [6, 6.07) is -0.740. The fourth-order valence-corrected chi connectivity index (χ4v) is 6.22. The van der Waals surface area contributed by atoms with E-state index in [-0.39, 0.29) is 55.5 Å². The van der Waals surface area contributed by atoms with E-state index in [0.717, 1.165) is 70.6 Å². The normalized spacial score (nSPS) is 13.6. The third kappa shape index (κ3) is 38.3. The Morgan fingerprint density at radius 2 is 0.948 bits per heavy atom. The molecule has 58 heavy (non-hydrogen) atoms. The zero-order valence-electron chi connectivity index (χ0n) is 37.7. The van der Waals surface area contributed by atoms with Crippen molar-refractivity contribution >= 4 is 17.9 Å². The molecule has 0 radical (unpaired) electrons. The van der Waals surface area contributed by atoms with Crippen molar-refractivity contribution in [2.45, 2.75) is 187 Å². The molecule has 0 heterocycles. The smallest absolute Gasteiger partial charge is 0.306 e. The molecule has 0 rings (SSSR count). The maximum atomic E-state index is 12.7. The number of allylic oxidation sites excluding steroid dienone is 12. The molecule has 0 fully saturated rings. The Bertz CT molecular complexity index is 1180. The summed E-state index contributed by atoms with van der Waals surface area (Å²) in [5, 5.41) is 11.6. The van der Waals surface area contributed by atoms with Gasteiger partial charge in [-0.25, -0.2) is 0 Å². The van der Waals surface area contributed by atoms with E-state index >= 15 is 0 Å². The van der Waals surface area contributed by atoms with Crippen LogP contribution in [0.5, 0.6) is 0 Å². The fourth-order valence-electron chi connectivity index (χ4n) is 6.22. The summed E-state index contributed by atoms with van der Waals surface area (Å²) < 4.78 is 17.1. The Balaban J connectivity index is 4.42. The summed E-state index contributed by atoms with van der Waals surface area (Å²) in [5.41, 5.74) is 0. The van der Waals surface area contributed by atoms with Gasteiger partial charge in [0.2, 0.25) is 0 Å². The average molecular weight is 812 g/mol. The molecule has 0 aliphatic heterocycles. The van der Waals surface area contributed by atoms with Crippen molar-refractivity contribution in [2.75, 3.05) is 41.0 Å². The second-order valence-electron chi connectivity index (χ2n) is 16.3. The highest BCUT2D eigenvalue weighted by Crippen LogP contribution is 2.12. The molecule has 0 aromatic rings. The van der Waals surface area contributed by atoms with Gasteiger partial charge in [0.05, 0.1) is 40.3 Å². The van der Waals surface area contributed by atoms with Crippen LogP contribution in [0.2, 0.25) is 0 Å². The van der Waals surface area contributed by atoms with E-state index < -0.39 is 18.1 Å². The summed E-state index contributed by atoms with van der Waals surface area (Å²) in [5.74, 6) is -1.85. The maximum absolute atomic E-state index is 12.7. The Kier molecular flexibility index (Phi) is 38.3. The number of aliphatic carboxylic acids is 1. The number of unbranched alkanes of at least 4 members (excludes halogenated alkanes) is 14. The lowest BCUT2D eigenvalue weighted by atomic mass is 10.1. The molecule has 0 spiro atoms. The molecule has 0 amide bonds. The number of carbonyl (C=O) groups excluding carboxylic acids is 3. The number of rotatable bonds is 40. The van der Waals surface area contributed by atoms with Crippen molar-refractivity contribution in [3.63, 3.8) is 0 Å². The summed E-state index contributed by atoms with van der Waals surface area (Å²) in [6.07, 6.45) is 50.8. The maximum Gasteiger partial charge on any atom is 0.306 e. The molecule has 0 aliphatic rings. The average Bonchev–Trinajstić information content (AvgIpc) is 3.18.